The van der Waals surface area contributed by atoms with E-state index in [4.69, 9.17) is 5.11 Å². The summed E-state index contributed by atoms with van der Waals surface area (Å²) in [4.78, 5) is 24.2. The Balaban J connectivity index is 1.74. The fourth-order valence-electron chi connectivity index (χ4n) is 2.94. The van der Waals surface area contributed by atoms with Crippen LogP contribution in [0.15, 0.2) is 0 Å². The summed E-state index contributed by atoms with van der Waals surface area (Å²) in [7, 11) is 0. The van der Waals surface area contributed by atoms with Crippen LogP contribution in [0.25, 0.3) is 0 Å². The summed E-state index contributed by atoms with van der Waals surface area (Å²) in [5.41, 5.74) is 0. The highest BCUT2D eigenvalue weighted by Gasteiger charge is 2.50. The van der Waals surface area contributed by atoms with Gasteiger partial charge in [0.05, 0.1) is 6.54 Å². The number of likely N-dealkylation sites (N-methyl/N-ethyl adjacent to an activating group) is 1. The molecule has 2 saturated carbocycles. The summed E-state index contributed by atoms with van der Waals surface area (Å²) in [5, 5.41) is 13.4. The Morgan fingerprint density at radius 1 is 1.30 bits per heavy atom. The molecule has 2 rings (SSSR count). The van der Waals surface area contributed by atoms with Crippen LogP contribution >= 0.6 is 0 Å². The number of hydrogen-bond donors (Lipinski definition) is 3. The Morgan fingerprint density at radius 3 is 2.35 bits per heavy atom. The number of aliphatic carboxylic acids is 1. The number of amides is 2. The first kappa shape index (κ1) is 17.8. The standard InChI is InChI=1S/C14H22F3N3O3/c1-2-20(7-11(21)22)10-5-9(6-10)18-13(23)19-12(8-3-4-8)14(15,16)17/h8-10,12H,2-7H2,1H3,(H,21,22)(H2,18,19,23). The van der Waals surface area contributed by atoms with Crippen molar-refractivity contribution in [2.24, 2.45) is 5.92 Å². The second-order valence-corrected chi connectivity index (χ2v) is 6.25. The Morgan fingerprint density at radius 2 is 1.91 bits per heavy atom. The van der Waals surface area contributed by atoms with E-state index in [1.54, 1.807) is 4.90 Å². The number of halogens is 3. The molecule has 0 bridgehead atoms. The maximum atomic E-state index is 12.8. The van der Waals surface area contributed by atoms with Crippen molar-refractivity contribution in [3.63, 3.8) is 0 Å². The Hall–Kier alpha value is -1.51. The number of nitrogens with zero attached hydrogens (tertiary/aromatic N) is 1. The third-order valence-electron chi connectivity index (χ3n) is 4.44. The smallest absolute Gasteiger partial charge is 0.408 e. The third-order valence-corrected chi connectivity index (χ3v) is 4.44. The van der Waals surface area contributed by atoms with E-state index in [0.717, 1.165) is 0 Å². The third kappa shape index (κ3) is 4.98. The zero-order valence-electron chi connectivity index (χ0n) is 12.9. The highest BCUT2D eigenvalue weighted by Crippen LogP contribution is 2.40. The molecule has 6 nitrogen and oxygen atoms in total. The van der Waals surface area contributed by atoms with E-state index >= 15 is 0 Å². The molecule has 0 aliphatic heterocycles. The number of carboxylic acids is 1. The number of nitrogens with one attached hydrogen (secondary N) is 2. The molecule has 23 heavy (non-hydrogen) atoms. The first-order valence-electron chi connectivity index (χ1n) is 7.80. The van der Waals surface area contributed by atoms with Crippen LogP contribution in [0.4, 0.5) is 18.0 Å². The van der Waals surface area contributed by atoms with Crippen molar-refractivity contribution in [3.8, 4) is 0 Å². The van der Waals surface area contributed by atoms with Crippen molar-refractivity contribution in [2.75, 3.05) is 13.1 Å². The van der Waals surface area contributed by atoms with Gasteiger partial charge in [-0.05, 0) is 38.1 Å². The van der Waals surface area contributed by atoms with Gasteiger partial charge in [-0.2, -0.15) is 13.2 Å². The fraction of sp³-hybridized carbons (Fsp3) is 0.857. The predicted octanol–water partition coefficient (Wildman–Crippen LogP) is 1.56. The molecule has 0 aromatic heterocycles. The molecule has 0 heterocycles. The van der Waals surface area contributed by atoms with Crippen LogP contribution in [0.5, 0.6) is 0 Å². The minimum Gasteiger partial charge on any atom is -0.480 e. The van der Waals surface area contributed by atoms with Gasteiger partial charge in [0.1, 0.15) is 6.04 Å². The molecule has 0 aromatic carbocycles. The van der Waals surface area contributed by atoms with Crippen LogP contribution in [-0.4, -0.2) is 59.4 Å². The number of carbonyl (C=O) groups is 2. The van der Waals surface area contributed by atoms with Crippen LogP contribution < -0.4 is 10.6 Å². The molecule has 1 unspecified atom stereocenters. The second-order valence-electron chi connectivity index (χ2n) is 6.25. The van der Waals surface area contributed by atoms with Gasteiger partial charge in [0.2, 0.25) is 0 Å². The molecule has 2 fully saturated rings. The van der Waals surface area contributed by atoms with Crippen molar-refractivity contribution in [2.45, 2.75) is 56.9 Å². The van der Waals surface area contributed by atoms with Gasteiger partial charge >= 0.3 is 18.2 Å². The van der Waals surface area contributed by atoms with Gasteiger partial charge in [-0.15, -0.1) is 0 Å². The molecule has 9 heteroatoms. The molecular formula is C14H22F3N3O3. The molecular weight excluding hydrogens is 315 g/mol. The SMILES string of the molecule is CCN(CC(=O)O)C1CC(NC(=O)NC(C2CC2)C(F)(F)F)C1. The average Bonchev–Trinajstić information content (AvgIpc) is 3.20. The quantitative estimate of drug-likeness (QED) is 0.659. The predicted molar refractivity (Wildman–Crippen MR) is 75.9 cm³/mol. The highest BCUT2D eigenvalue weighted by atomic mass is 19.4. The van der Waals surface area contributed by atoms with Gasteiger partial charge < -0.3 is 15.7 Å². The number of carbonyl (C=O) groups excluding carboxylic acids is 1. The van der Waals surface area contributed by atoms with Gasteiger partial charge in [0.15, 0.2) is 0 Å². The summed E-state index contributed by atoms with van der Waals surface area (Å²) < 4.78 is 38.5. The van der Waals surface area contributed by atoms with E-state index in [9.17, 15) is 22.8 Å². The summed E-state index contributed by atoms with van der Waals surface area (Å²) in [6.07, 6.45) is -2.36. The Bertz CT molecular complexity index is 448. The molecule has 0 radical (unpaired) electrons. The van der Waals surface area contributed by atoms with Gasteiger partial charge in [0, 0.05) is 12.1 Å². The zero-order chi connectivity index (χ0) is 17.2. The van der Waals surface area contributed by atoms with Crippen LogP contribution in [-0.2, 0) is 4.79 Å². The number of alkyl halides is 3. The summed E-state index contributed by atoms with van der Waals surface area (Å²) >= 11 is 0. The van der Waals surface area contributed by atoms with Crippen LogP contribution in [0.2, 0.25) is 0 Å². The normalized spacial score (nSPS) is 25.6. The topological polar surface area (TPSA) is 81.7 Å². The van der Waals surface area contributed by atoms with Gasteiger partial charge in [-0.1, -0.05) is 6.92 Å². The van der Waals surface area contributed by atoms with Crippen molar-refractivity contribution in [1.82, 2.24) is 15.5 Å². The minimum absolute atomic E-state index is 0.0447. The van der Waals surface area contributed by atoms with Crippen LogP contribution in [0, 0.1) is 5.92 Å². The lowest BCUT2D eigenvalue weighted by atomic mass is 9.85. The summed E-state index contributed by atoms with van der Waals surface area (Å²) in [5.74, 6) is -1.43. The minimum atomic E-state index is -4.43. The monoisotopic (exact) mass is 337 g/mol. The first-order chi connectivity index (χ1) is 10.7. The Labute approximate surface area is 132 Å². The average molecular weight is 337 g/mol. The molecule has 132 valence electrons. The molecule has 2 amide bonds. The van der Waals surface area contributed by atoms with E-state index in [-0.39, 0.29) is 18.6 Å². The van der Waals surface area contributed by atoms with E-state index in [1.165, 1.54) is 0 Å². The number of carboxylic acid groups (broad SMARTS) is 1. The number of hydrogen-bond acceptors (Lipinski definition) is 3. The van der Waals surface area contributed by atoms with Crippen molar-refractivity contribution >= 4 is 12.0 Å². The zero-order valence-corrected chi connectivity index (χ0v) is 12.9. The fourth-order valence-corrected chi connectivity index (χ4v) is 2.94. The number of urea groups is 1. The lowest BCUT2D eigenvalue weighted by Crippen LogP contribution is -2.58. The molecule has 0 saturated heterocycles. The summed E-state index contributed by atoms with van der Waals surface area (Å²) in [6.45, 7) is 2.35. The highest BCUT2D eigenvalue weighted by molar-refractivity contribution is 5.75. The maximum absolute atomic E-state index is 12.8. The Kier molecular flexibility index (Phi) is 5.38. The van der Waals surface area contributed by atoms with Crippen molar-refractivity contribution < 1.29 is 27.9 Å². The van der Waals surface area contributed by atoms with E-state index in [2.05, 4.69) is 5.32 Å². The maximum Gasteiger partial charge on any atom is 0.408 e. The van der Waals surface area contributed by atoms with Crippen LogP contribution in [0.3, 0.4) is 0 Å². The molecule has 1 atom stereocenters. The largest absolute Gasteiger partial charge is 0.480 e. The molecule has 3 N–H and O–H groups in total. The van der Waals surface area contributed by atoms with Crippen LogP contribution in [0.1, 0.15) is 32.6 Å². The molecule has 2 aliphatic rings. The van der Waals surface area contributed by atoms with E-state index in [1.807, 2.05) is 12.2 Å². The van der Waals surface area contributed by atoms with Crippen molar-refractivity contribution in [3.05, 3.63) is 0 Å². The van der Waals surface area contributed by atoms with Gasteiger partial charge in [0.25, 0.3) is 0 Å². The molecule has 0 aromatic rings. The van der Waals surface area contributed by atoms with Crippen molar-refractivity contribution in [1.29, 1.82) is 0 Å². The lowest BCUT2D eigenvalue weighted by Gasteiger charge is -2.42. The lowest BCUT2D eigenvalue weighted by molar-refractivity contribution is -0.157. The van der Waals surface area contributed by atoms with E-state index in [0.29, 0.717) is 32.2 Å². The molecule has 0 spiro atoms. The molecule has 2 aliphatic carbocycles. The number of rotatable bonds is 7. The second kappa shape index (κ2) is 6.94. The summed E-state index contributed by atoms with van der Waals surface area (Å²) in [6, 6.07) is -2.75. The first-order valence-corrected chi connectivity index (χ1v) is 7.80. The van der Waals surface area contributed by atoms with E-state index < -0.39 is 30.1 Å². The van der Waals surface area contributed by atoms with Gasteiger partial charge in [-0.25, -0.2) is 4.79 Å². The van der Waals surface area contributed by atoms with Gasteiger partial charge in [-0.3, -0.25) is 9.69 Å².